The van der Waals surface area contributed by atoms with Gasteiger partial charge in [0.15, 0.2) is 11.5 Å². The fraction of sp³-hybridized carbons (Fsp3) is 0.250. The van der Waals surface area contributed by atoms with Gasteiger partial charge in [-0.15, -0.1) is 0 Å². The SMILES string of the molecule is NCCc1cc(N)c(O)c(O)c1. The number of anilines is 1. The van der Waals surface area contributed by atoms with Gasteiger partial charge in [0.05, 0.1) is 5.69 Å². The molecule has 1 aromatic rings. The van der Waals surface area contributed by atoms with Crippen LogP contribution in [0.1, 0.15) is 5.56 Å². The zero-order valence-corrected chi connectivity index (χ0v) is 6.62. The standard InChI is InChI=1S/C8H12N2O2/c9-2-1-5-3-6(10)8(12)7(11)4-5/h3-4,11-12H,1-2,9-10H2. The van der Waals surface area contributed by atoms with Crippen LogP contribution in [-0.2, 0) is 6.42 Å². The number of rotatable bonds is 2. The molecule has 0 aliphatic heterocycles. The van der Waals surface area contributed by atoms with E-state index in [1.165, 1.54) is 6.07 Å². The first-order chi connectivity index (χ1) is 5.65. The van der Waals surface area contributed by atoms with E-state index >= 15 is 0 Å². The Bertz CT molecular complexity index is 263. The van der Waals surface area contributed by atoms with Gasteiger partial charge in [-0.3, -0.25) is 0 Å². The Balaban J connectivity index is 3.04. The summed E-state index contributed by atoms with van der Waals surface area (Å²) in [5.74, 6) is -0.464. The molecule has 0 aliphatic carbocycles. The maximum Gasteiger partial charge on any atom is 0.180 e. The summed E-state index contributed by atoms with van der Waals surface area (Å²) in [6.45, 7) is 0.490. The van der Waals surface area contributed by atoms with Gasteiger partial charge in [0.25, 0.3) is 0 Å². The second kappa shape index (κ2) is 3.32. The maximum atomic E-state index is 9.14. The summed E-state index contributed by atoms with van der Waals surface area (Å²) < 4.78 is 0. The van der Waals surface area contributed by atoms with Crippen LogP contribution in [-0.4, -0.2) is 16.8 Å². The molecule has 0 saturated carbocycles. The summed E-state index contributed by atoms with van der Waals surface area (Å²) in [6, 6.07) is 3.06. The molecule has 66 valence electrons. The zero-order valence-electron chi connectivity index (χ0n) is 6.62. The predicted molar refractivity (Wildman–Crippen MR) is 46.9 cm³/mol. The number of phenols is 2. The summed E-state index contributed by atoms with van der Waals surface area (Å²) in [6.07, 6.45) is 0.637. The van der Waals surface area contributed by atoms with Gasteiger partial charge in [-0.05, 0) is 30.7 Å². The molecule has 0 aliphatic rings. The lowest BCUT2D eigenvalue weighted by molar-refractivity contribution is 0.405. The van der Waals surface area contributed by atoms with Crippen molar-refractivity contribution in [3.63, 3.8) is 0 Å². The molecule has 0 heterocycles. The Morgan fingerprint density at radius 3 is 2.42 bits per heavy atom. The third kappa shape index (κ3) is 1.60. The fourth-order valence-electron chi connectivity index (χ4n) is 1.01. The number of hydrogen-bond acceptors (Lipinski definition) is 4. The molecule has 1 rings (SSSR count). The third-order valence-electron chi connectivity index (χ3n) is 1.61. The van der Waals surface area contributed by atoms with Crippen molar-refractivity contribution >= 4 is 5.69 Å². The van der Waals surface area contributed by atoms with E-state index in [1.54, 1.807) is 6.07 Å². The number of nitrogen functional groups attached to an aromatic ring is 1. The lowest BCUT2D eigenvalue weighted by Gasteiger charge is -2.04. The van der Waals surface area contributed by atoms with Gasteiger partial charge >= 0.3 is 0 Å². The molecule has 0 atom stereocenters. The van der Waals surface area contributed by atoms with Crippen molar-refractivity contribution < 1.29 is 10.2 Å². The van der Waals surface area contributed by atoms with E-state index in [9.17, 15) is 0 Å². The Morgan fingerprint density at radius 2 is 1.92 bits per heavy atom. The van der Waals surface area contributed by atoms with Gasteiger partial charge in [-0.2, -0.15) is 0 Å². The molecular weight excluding hydrogens is 156 g/mol. The number of hydrogen-bond donors (Lipinski definition) is 4. The molecule has 1 aromatic carbocycles. The van der Waals surface area contributed by atoms with E-state index < -0.39 is 0 Å². The quantitative estimate of drug-likeness (QED) is 0.374. The lowest BCUT2D eigenvalue weighted by atomic mass is 10.1. The zero-order chi connectivity index (χ0) is 9.14. The van der Waals surface area contributed by atoms with E-state index in [-0.39, 0.29) is 17.2 Å². The number of aromatic hydroxyl groups is 2. The predicted octanol–water partition coefficient (Wildman–Crippen LogP) is 0.181. The minimum absolute atomic E-state index is 0.179. The highest BCUT2D eigenvalue weighted by atomic mass is 16.3. The van der Waals surface area contributed by atoms with Crippen molar-refractivity contribution in [2.24, 2.45) is 5.73 Å². The average molecular weight is 168 g/mol. The van der Waals surface area contributed by atoms with Gasteiger partial charge in [0.1, 0.15) is 0 Å². The van der Waals surface area contributed by atoms with Crippen LogP contribution < -0.4 is 11.5 Å². The molecule has 6 N–H and O–H groups in total. The average Bonchev–Trinajstić information content (AvgIpc) is 2.01. The lowest BCUT2D eigenvalue weighted by Crippen LogP contribution is -2.03. The molecule has 0 radical (unpaired) electrons. The van der Waals surface area contributed by atoms with Crippen LogP contribution >= 0.6 is 0 Å². The van der Waals surface area contributed by atoms with Crippen LogP contribution in [0.3, 0.4) is 0 Å². The van der Waals surface area contributed by atoms with Crippen molar-refractivity contribution in [1.82, 2.24) is 0 Å². The van der Waals surface area contributed by atoms with Crippen LogP contribution in [0.2, 0.25) is 0 Å². The summed E-state index contributed by atoms with van der Waals surface area (Å²) >= 11 is 0. The second-order valence-electron chi connectivity index (χ2n) is 2.59. The van der Waals surface area contributed by atoms with E-state index in [4.69, 9.17) is 21.7 Å². The Kier molecular flexibility index (Phi) is 2.40. The molecule has 0 saturated heterocycles. The minimum atomic E-state index is -0.268. The first-order valence-electron chi connectivity index (χ1n) is 3.65. The van der Waals surface area contributed by atoms with Gasteiger partial charge in [0, 0.05) is 0 Å². The van der Waals surface area contributed by atoms with Crippen LogP contribution in [0.5, 0.6) is 11.5 Å². The second-order valence-corrected chi connectivity index (χ2v) is 2.59. The minimum Gasteiger partial charge on any atom is -0.504 e. The summed E-state index contributed by atoms with van der Waals surface area (Å²) in [4.78, 5) is 0. The highest BCUT2D eigenvalue weighted by Crippen LogP contribution is 2.32. The summed E-state index contributed by atoms with van der Waals surface area (Å²) in [7, 11) is 0. The molecule has 4 nitrogen and oxygen atoms in total. The summed E-state index contributed by atoms with van der Waals surface area (Å²) in [5, 5.41) is 18.2. The van der Waals surface area contributed by atoms with Gasteiger partial charge in [-0.25, -0.2) is 0 Å². The van der Waals surface area contributed by atoms with Crippen molar-refractivity contribution in [3.8, 4) is 11.5 Å². The van der Waals surface area contributed by atoms with E-state index in [1.807, 2.05) is 0 Å². The van der Waals surface area contributed by atoms with E-state index in [2.05, 4.69) is 0 Å². The molecule has 0 bridgehead atoms. The van der Waals surface area contributed by atoms with Crippen LogP contribution in [0.4, 0.5) is 5.69 Å². The molecular formula is C8H12N2O2. The first-order valence-corrected chi connectivity index (χ1v) is 3.65. The Labute approximate surface area is 70.4 Å². The van der Waals surface area contributed by atoms with Crippen LogP contribution in [0.25, 0.3) is 0 Å². The first kappa shape index (κ1) is 8.67. The fourth-order valence-corrected chi connectivity index (χ4v) is 1.01. The Hall–Kier alpha value is -1.42. The molecule has 0 fully saturated rings. The molecule has 12 heavy (non-hydrogen) atoms. The van der Waals surface area contributed by atoms with Crippen LogP contribution in [0, 0.1) is 0 Å². The molecule has 0 aromatic heterocycles. The monoisotopic (exact) mass is 168 g/mol. The Morgan fingerprint density at radius 1 is 1.25 bits per heavy atom. The highest BCUT2D eigenvalue weighted by Gasteiger charge is 2.05. The van der Waals surface area contributed by atoms with Crippen LogP contribution in [0.15, 0.2) is 12.1 Å². The van der Waals surface area contributed by atoms with Gasteiger partial charge in [-0.1, -0.05) is 0 Å². The molecule has 0 spiro atoms. The van der Waals surface area contributed by atoms with E-state index in [0.29, 0.717) is 13.0 Å². The van der Waals surface area contributed by atoms with Crippen molar-refractivity contribution in [1.29, 1.82) is 0 Å². The van der Waals surface area contributed by atoms with Crippen molar-refractivity contribution in [3.05, 3.63) is 17.7 Å². The molecule has 0 amide bonds. The van der Waals surface area contributed by atoms with Crippen molar-refractivity contribution in [2.45, 2.75) is 6.42 Å². The normalized spacial score (nSPS) is 10.1. The topological polar surface area (TPSA) is 92.5 Å². The number of nitrogens with two attached hydrogens (primary N) is 2. The largest absolute Gasteiger partial charge is 0.504 e. The number of phenolic OH excluding ortho intramolecular Hbond substituents is 2. The third-order valence-corrected chi connectivity index (χ3v) is 1.61. The molecule has 4 heteroatoms. The smallest absolute Gasteiger partial charge is 0.180 e. The highest BCUT2D eigenvalue weighted by molar-refractivity contribution is 5.60. The van der Waals surface area contributed by atoms with Gasteiger partial charge in [0.2, 0.25) is 0 Å². The van der Waals surface area contributed by atoms with E-state index in [0.717, 1.165) is 5.56 Å². The number of benzene rings is 1. The summed E-state index contributed by atoms with van der Waals surface area (Å²) in [5.41, 5.74) is 11.7. The van der Waals surface area contributed by atoms with Crippen molar-refractivity contribution in [2.75, 3.05) is 12.3 Å². The maximum absolute atomic E-state index is 9.14. The molecule has 0 unspecified atom stereocenters. The van der Waals surface area contributed by atoms with Gasteiger partial charge < -0.3 is 21.7 Å².